The van der Waals surface area contributed by atoms with E-state index in [1.54, 1.807) is 7.11 Å². The lowest BCUT2D eigenvalue weighted by molar-refractivity contribution is 0.0863. The van der Waals surface area contributed by atoms with Crippen molar-refractivity contribution in [3.05, 3.63) is 59.3 Å². The molecule has 3 rings (SSSR count). The summed E-state index contributed by atoms with van der Waals surface area (Å²) >= 11 is 0. The van der Waals surface area contributed by atoms with Crippen molar-refractivity contribution in [1.82, 2.24) is 9.88 Å². The fourth-order valence-electron chi connectivity index (χ4n) is 3.51. The standard InChI is InChI=1S/C23H28N2O3/c1-6-28-20-12-11-17(13-21(20)27-5)14-25(4)16(3)23(26)22-15(2)24-19-10-8-7-9-18(19)22/h7-13,16,24H,6,14H2,1-5H3/t16-/m0/s1. The van der Waals surface area contributed by atoms with E-state index in [9.17, 15) is 4.79 Å². The van der Waals surface area contributed by atoms with E-state index in [4.69, 9.17) is 9.47 Å². The number of carbonyl (C=O) groups is 1. The van der Waals surface area contributed by atoms with E-state index in [0.29, 0.717) is 18.9 Å². The summed E-state index contributed by atoms with van der Waals surface area (Å²) in [6.45, 7) is 7.08. The van der Waals surface area contributed by atoms with Gasteiger partial charge < -0.3 is 14.5 Å². The molecule has 5 nitrogen and oxygen atoms in total. The van der Waals surface area contributed by atoms with Crippen LogP contribution in [0.4, 0.5) is 0 Å². The van der Waals surface area contributed by atoms with Crippen molar-refractivity contribution in [1.29, 1.82) is 0 Å². The van der Waals surface area contributed by atoms with E-state index in [1.807, 2.05) is 70.3 Å². The summed E-state index contributed by atoms with van der Waals surface area (Å²) in [4.78, 5) is 18.6. The quantitative estimate of drug-likeness (QED) is 0.581. The van der Waals surface area contributed by atoms with Gasteiger partial charge in [-0.1, -0.05) is 24.3 Å². The number of hydrogen-bond acceptors (Lipinski definition) is 4. The molecular formula is C23H28N2O3. The van der Waals surface area contributed by atoms with Gasteiger partial charge in [-0.05, 0) is 51.6 Å². The number of H-pyrrole nitrogens is 1. The van der Waals surface area contributed by atoms with Gasteiger partial charge in [-0.3, -0.25) is 9.69 Å². The number of aromatic nitrogens is 1. The number of aromatic amines is 1. The van der Waals surface area contributed by atoms with Crippen molar-refractivity contribution < 1.29 is 14.3 Å². The maximum absolute atomic E-state index is 13.2. The number of para-hydroxylation sites is 1. The molecule has 0 aliphatic rings. The molecule has 148 valence electrons. The number of nitrogens with zero attached hydrogens (tertiary/aromatic N) is 1. The molecule has 0 aliphatic heterocycles. The zero-order valence-corrected chi connectivity index (χ0v) is 17.2. The van der Waals surface area contributed by atoms with Gasteiger partial charge in [0.2, 0.25) is 0 Å². The number of ether oxygens (including phenoxy) is 2. The number of benzene rings is 2. The molecule has 1 N–H and O–H groups in total. The molecule has 1 aromatic heterocycles. The first-order chi connectivity index (χ1) is 13.5. The van der Waals surface area contributed by atoms with Crippen LogP contribution in [0.1, 0.15) is 35.5 Å². The summed E-state index contributed by atoms with van der Waals surface area (Å²) in [7, 11) is 3.60. The van der Waals surface area contributed by atoms with E-state index >= 15 is 0 Å². The second-order valence-corrected chi connectivity index (χ2v) is 7.04. The van der Waals surface area contributed by atoms with Crippen molar-refractivity contribution in [2.24, 2.45) is 0 Å². The lowest BCUT2D eigenvalue weighted by Gasteiger charge is -2.24. The van der Waals surface area contributed by atoms with Gasteiger partial charge in [0.15, 0.2) is 17.3 Å². The smallest absolute Gasteiger partial charge is 0.182 e. The molecular weight excluding hydrogens is 352 g/mol. The van der Waals surface area contributed by atoms with Gasteiger partial charge in [-0.2, -0.15) is 0 Å². The Kier molecular flexibility index (Phi) is 6.05. The van der Waals surface area contributed by atoms with Crippen molar-refractivity contribution in [2.45, 2.75) is 33.4 Å². The summed E-state index contributed by atoms with van der Waals surface area (Å²) < 4.78 is 11.0. The number of carbonyl (C=O) groups excluding carboxylic acids is 1. The molecule has 28 heavy (non-hydrogen) atoms. The molecule has 0 spiro atoms. The minimum absolute atomic E-state index is 0.121. The minimum Gasteiger partial charge on any atom is -0.493 e. The first kappa shape index (κ1) is 20.0. The predicted octanol–water partition coefficient (Wildman–Crippen LogP) is 4.59. The van der Waals surface area contributed by atoms with Gasteiger partial charge in [0.1, 0.15) is 0 Å². The number of aryl methyl sites for hydroxylation is 1. The third-order valence-electron chi connectivity index (χ3n) is 5.14. The Bertz CT molecular complexity index is 977. The predicted molar refractivity (Wildman–Crippen MR) is 112 cm³/mol. The molecule has 5 heteroatoms. The van der Waals surface area contributed by atoms with E-state index in [-0.39, 0.29) is 11.8 Å². The van der Waals surface area contributed by atoms with Gasteiger partial charge in [-0.25, -0.2) is 0 Å². The number of fused-ring (bicyclic) bond motifs is 1. The van der Waals surface area contributed by atoms with Gasteiger partial charge in [0.25, 0.3) is 0 Å². The van der Waals surface area contributed by atoms with E-state index in [1.165, 1.54) is 0 Å². The maximum Gasteiger partial charge on any atom is 0.182 e. The van der Waals surface area contributed by atoms with Crippen LogP contribution in [0.25, 0.3) is 10.9 Å². The van der Waals surface area contributed by atoms with Gasteiger partial charge in [-0.15, -0.1) is 0 Å². The summed E-state index contributed by atoms with van der Waals surface area (Å²) in [5.74, 6) is 1.56. The molecule has 0 aliphatic carbocycles. The van der Waals surface area contributed by atoms with Crippen LogP contribution < -0.4 is 9.47 Å². The molecule has 3 aromatic rings. The van der Waals surface area contributed by atoms with E-state index in [2.05, 4.69) is 9.88 Å². The third-order valence-corrected chi connectivity index (χ3v) is 5.14. The topological polar surface area (TPSA) is 54.6 Å². The fourth-order valence-corrected chi connectivity index (χ4v) is 3.51. The summed E-state index contributed by atoms with van der Waals surface area (Å²) in [6, 6.07) is 13.6. The van der Waals surface area contributed by atoms with Crippen LogP contribution in [-0.2, 0) is 6.54 Å². The summed E-state index contributed by atoms with van der Waals surface area (Å²) in [6.07, 6.45) is 0. The highest BCUT2D eigenvalue weighted by Gasteiger charge is 2.24. The Balaban J connectivity index is 1.79. The average molecular weight is 380 g/mol. The molecule has 0 unspecified atom stereocenters. The lowest BCUT2D eigenvalue weighted by Crippen LogP contribution is -2.35. The molecule has 0 bridgehead atoms. The monoisotopic (exact) mass is 380 g/mol. The third kappa shape index (κ3) is 3.90. The highest BCUT2D eigenvalue weighted by Crippen LogP contribution is 2.29. The van der Waals surface area contributed by atoms with Crippen LogP contribution in [-0.4, -0.2) is 42.5 Å². The van der Waals surface area contributed by atoms with Crippen LogP contribution in [0, 0.1) is 6.92 Å². The fraction of sp³-hybridized carbons (Fsp3) is 0.348. The maximum atomic E-state index is 13.2. The summed E-state index contributed by atoms with van der Waals surface area (Å²) in [5, 5.41) is 0.980. The van der Waals surface area contributed by atoms with Crippen molar-refractivity contribution >= 4 is 16.7 Å². The Hall–Kier alpha value is -2.79. The second-order valence-electron chi connectivity index (χ2n) is 7.04. The first-order valence-electron chi connectivity index (χ1n) is 9.57. The molecule has 2 aromatic carbocycles. The van der Waals surface area contributed by atoms with Crippen LogP contribution in [0.15, 0.2) is 42.5 Å². The number of ketones is 1. The normalized spacial score (nSPS) is 12.4. The Morgan fingerprint density at radius 1 is 1.18 bits per heavy atom. The average Bonchev–Trinajstić information content (AvgIpc) is 3.03. The van der Waals surface area contributed by atoms with Gasteiger partial charge in [0.05, 0.1) is 19.8 Å². The second kappa shape index (κ2) is 8.48. The first-order valence-corrected chi connectivity index (χ1v) is 9.57. The number of rotatable bonds is 8. The number of hydrogen-bond donors (Lipinski definition) is 1. The number of nitrogens with one attached hydrogen (secondary N) is 1. The molecule has 0 saturated carbocycles. The Labute approximate surface area is 166 Å². The molecule has 0 saturated heterocycles. The zero-order chi connectivity index (χ0) is 20.3. The Morgan fingerprint density at radius 3 is 2.64 bits per heavy atom. The number of Topliss-reactive ketones (excluding diaryl/α,β-unsaturated/α-hetero) is 1. The molecule has 1 heterocycles. The van der Waals surface area contributed by atoms with Crippen molar-refractivity contribution in [3.8, 4) is 11.5 Å². The van der Waals surface area contributed by atoms with E-state index in [0.717, 1.165) is 33.5 Å². The molecule has 0 fully saturated rings. The molecule has 0 radical (unpaired) electrons. The Morgan fingerprint density at radius 2 is 1.93 bits per heavy atom. The molecule has 1 atom stereocenters. The highest BCUT2D eigenvalue weighted by atomic mass is 16.5. The van der Waals surface area contributed by atoms with Crippen LogP contribution in [0.3, 0.4) is 0 Å². The number of likely N-dealkylation sites (N-methyl/N-ethyl adjacent to an activating group) is 1. The van der Waals surface area contributed by atoms with Crippen LogP contribution in [0.5, 0.6) is 11.5 Å². The zero-order valence-electron chi connectivity index (χ0n) is 17.2. The highest BCUT2D eigenvalue weighted by molar-refractivity contribution is 6.11. The van der Waals surface area contributed by atoms with Crippen LogP contribution in [0.2, 0.25) is 0 Å². The summed E-state index contributed by atoms with van der Waals surface area (Å²) in [5.41, 5.74) is 3.75. The van der Waals surface area contributed by atoms with E-state index < -0.39 is 0 Å². The number of methoxy groups -OCH3 is 1. The molecule has 0 amide bonds. The van der Waals surface area contributed by atoms with Crippen LogP contribution >= 0.6 is 0 Å². The lowest BCUT2D eigenvalue weighted by atomic mass is 10.0. The minimum atomic E-state index is -0.254. The largest absolute Gasteiger partial charge is 0.493 e. The SMILES string of the molecule is CCOc1ccc(CN(C)[C@@H](C)C(=O)c2c(C)[nH]c3ccccc23)cc1OC. The van der Waals surface area contributed by atoms with Gasteiger partial charge in [0, 0.05) is 28.7 Å². The van der Waals surface area contributed by atoms with Gasteiger partial charge >= 0.3 is 0 Å². The van der Waals surface area contributed by atoms with Crippen molar-refractivity contribution in [2.75, 3.05) is 20.8 Å². The van der Waals surface area contributed by atoms with Crippen molar-refractivity contribution in [3.63, 3.8) is 0 Å².